The number of aromatic nitrogens is 2. The Kier molecular flexibility index (Phi) is 4.74. The molecule has 0 spiro atoms. The van der Waals surface area contributed by atoms with Crippen molar-refractivity contribution in [1.82, 2.24) is 9.97 Å². The largest absolute Gasteiger partial charge is 0.370 e. The zero-order valence-corrected chi connectivity index (χ0v) is 14.4. The standard InChI is InChI=1S/C17H30N4/c1-7-18-14-11-15(20-16(19-14)17(4,5)6)21-10-8-9-12(2)13(21)3/h11-13H,7-10H2,1-6H3,(H,18,19,20). The number of nitrogens with one attached hydrogen (secondary N) is 1. The van der Waals surface area contributed by atoms with E-state index < -0.39 is 0 Å². The summed E-state index contributed by atoms with van der Waals surface area (Å²) in [5.74, 6) is 3.65. The molecule has 2 rings (SSSR count). The van der Waals surface area contributed by atoms with E-state index in [2.05, 4.69) is 62.8 Å². The molecule has 2 atom stereocenters. The molecular weight excluding hydrogens is 260 g/mol. The van der Waals surface area contributed by atoms with Crippen LogP contribution in [0.2, 0.25) is 0 Å². The SMILES string of the molecule is CCNc1cc(N2CCCC(C)C2C)nc(C(C)(C)C)n1. The molecule has 1 aliphatic rings. The van der Waals surface area contributed by atoms with Crippen LogP contribution in [-0.2, 0) is 5.41 Å². The Balaban J connectivity index is 2.39. The fourth-order valence-electron chi connectivity index (χ4n) is 2.85. The highest BCUT2D eigenvalue weighted by molar-refractivity contribution is 5.51. The molecule has 1 aromatic rings. The van der Waals surface area contributed by atoms with Gasteiger partial charge in [0.25, 0.3) is 0 Å². The Bertz CT molecular complexity index is 478. The van der Waals surface area contributed by atoms with Gasteiger partial charge in [-0.15, -0.1) is 0 Å². The molecule has 0 bridgehead atoms. The van der Waals surface area contributed by atoms with Crippen LogP contribution in [0, 0.1) is 5.92 Å². The second kappa shape index (κ2) is 6.20. The van der Waals surface area contributed by atoms with Gasteiger partial charge in [-0.25, -0.2) is 9.97 Å². The van der Waals surface area contributed by atoms with Gasteiger partial charge in [-0.3, -0.25) is 0 Å². The number of hydrogen-bond acceptors (Lipinski definition) is 4. The molecule has 1 aromatic heterocycles. The number of rotatable bonds is 3. The molecule has 4 nitrogen and oxygen atoms in total. The molecule has 1 saturated heterocycles. The lowest BCUT2D eigenvalue weighted by atomic mass is 9.92. The van der Waals surface area contributed by atoms with Gasteiger partial charge in [0, 0.05) is 30.6 Å². The maximum atomic E-state index is 4.87. The smallest absolute Gasteiger partial charge is 0.138 e. The molecule has 0 amide bonds. The lowest BCUT2D eigenvalue weighted by molar-refractivity contribution is 0.360. The average Bonchev–Trinajstić information content (AvgIpc) is 2.41. The maximum absolute atomic E-state index is 4.87. The van der Waals surface area contributed by atoms with E-state index in [1.807, 2.05) is 0 Å². The normalized spacial score (nSPS) is 23.2. The van der Waals surface area contributed by atoms with Crippen LogP contribution in [0.5, 0.6) is 0 Å². The number of piperidine rings is 1. The van der Waals surface area contributed by atoms with E-state index in [9.17, 15) is 0 Å². The first-order valence-electron chi connectivity index (χ1n) is 8.23. The summed E-state index contributed by atoms with van der Waals surface area (Å²) in [4.78, 5) is 12.0. The van der Waals surface area contributed by atoms with Crippen LogP contribution < -0.4 is 10.2 Å². The molecule has 1 fully saturated rings. The molecule has 0 saturated carbocycles. The van der Waals surface area contributed by atoms with Gasteiger partial charge in [0.1, 0.15) is 17.5 Å². The zero-order valence-electron chi connectivity index (χ0n) is 14.4. The van der Waals surface area contributed by atoms with Crippen molar-refractivity contribution in [1.29, 1.82) is 0 Å². The van der Waals surface area contributed by atoms with Gasteiger partial charge < -0.3 is 10.2 Å². The van der Waals surface area contributed by atoms with Gasteiger partial charge in [-0.05, 0) is 32.6 Å². The Morgan fingerprint density at radius 3 is 2.62 bits per heavy atom. The fraction of sp³-hybridized carbons (Fsp3) is 0.765. The monoisotopic (exact) mass is 290 g/mol. The van der Waals surface area contributed by atoms with E-state index in [1.165, 1.54) is 12.8 Å². The van der Waals surface area contributed by atoms with Crippen molar-refractivity contribution >= 4 is 11.6 Å². The molecule has 2 unspecified atom stereocenters. The average molecular weight is 290 g/mol. The quantitative estimate of drug-likeness (QED) is 0.918. The number of hydrogen-bond donors (Lipinski definition) is 1. The van der Waals surface area contributed by atoms with E-state index >= 15 is 0 Å². The molecule has 0 aromatic carbocycles. The van der Waals surface area contributed by atoms with Gasteiger partial charge in [-0.2, -0.15) is 0 Å². The van der Waals surface area contributed by atoms with Crippen molar-refractivity contribution in [3.05, 3.63) is 11.9 Å². The second-order valence-electron chi connectivity index (χ2n) is 7.27. The molecule has 0 radical (unpaired) electrons. The summed E-state index contributed by atoms with van der Waals surface area (Å²) in [5, 5.41) is 3.35. The minimum Gasteiger partial charge on any atom is -0.370 e. The van der Waals surface area contributed by atoms with Gasteiger partial charge in [0.2, 0.25) is 0 Å². The predicted molar refractivity (Wildman–Crippen MR) is 90.1 cm³/mol. The maximum Gasteiger partial charge on any atom is 0.138 e. The highest BCUT2D eigenvalue weighted by atomic mass is 15.2. The van der Waals surface area contributed by atoms with Crippen molar-refractivity contribution in [2.24, 2.45) is 5.92 Å². The van der Waals surface area contributed by atoms with Crippen LogP contribution in [0.4, 0.5) is 11.6 Å². The molecule has 4 heteroatoms. The molecular formula is C17H30N4. The Hall–Kier alpha value is -1.32. The highest BCUT2D eigenvalue weighted by Gasteiger charge is 2.27. The summed E-state index contributed by atoms with van der Waals surface area (Å²) in [6.07, 6.45) is 2.56. The van der Waals surface area contributed by atoms with Crippen molar-refractivity contribution in [2.75, 3.05) is 23.3 Å². The predicted octanol–water partition coefficient (Wildman–Crippen LogP) is 3.83. The molecule has 0 aliphatic carbocycles. The first-order chi connectivity index (χ1) is 9.82. The van der Waals surface area contributed by atoms with Crippen molar-refractivity contribution in [3.8, 4) is 0 Å². The number of anilines is 2. The Labute approximate surface area is 129 Å². The summed E-state index contributed by atoms with van der Waals surface area (Å²) in [6, 6.07) is 2.64. The molecule has 2 heterocycles. The highest BCUT2D eigenvalue weighted by Crippen LogP contribution is 2.30. The summed E-state index contributed by atoms with van der Waals surface area (Å²) < 4.78 is 0. The molecule has 1 N–H and O–H groups in total. The Morgan fingerprint density at radius 2 is 2.00 bits per heavy atom. The van der Waals surface area contributed by atoms with E-state index in [0.717, 1.165) is 36.5 Å². The van der Waals surface area contributed by atoms with E-state index in [4.69, 9.17) is 4.98 Å². The zero-order chi connectivity index (χ0) is 15.6. The van der Waals surface area contributed by atoms with Gasteiger partial charge in [0.15, 0.2) is 0 Å². The van der Waals surface area contributed by atoms with Gasteiger partial charge in [0.05, 0.1) is 0 Å². The topological polar surface area (TPSA) is 41.0 Å². The van der Waals surface area contributed by atoms with E-state index in [1.54, 1.807) is 0 Å². The van der Waals surface area contributed by atoms with Crippen LogP contribution in [0.25, 0.3) is 0 Å². The third-order valence-corrected chi connectivity index (χ3v) is 4.41. The minimum absolute atomic E-state index is 0.0369. The van der Waals surface area contributed by atoms with Crippen molar-refractivity contribution in [2.45, 2.75) is 65.8 Å². The van der Waals surface area contributed by atoms with Crippen molar-refractivity contribution in [3.63, 3.8) is 0 Å². The summed E-state index contributed by atoms with van der Waals surface area (Å²) >= 11 is 0. The fourth-order valence-corrected chi connectivity index (χ4v) is 2.85. The summed E-state index contributed by atoms with van der Waals surface area (Å²) in [5.41, 5.74) is -0.0369. The third-order valence-electron chi connectivity index (χ3n) is 4.41. The van der Waals surface area contributed by atoms with Gasteiger partial charge >= 0.3 is 0 Å². The van der Waals surface area contributed by atoms with Crippen LogP contribution in [0.3, 0.4) is 0 Å². The van der Waals surface area contributed by atoms with Crippen molar-refractivity contribution < 1.29 is 0 Å². The lowest BCUT2D eigenvalue weighted by Gasteiger charge is -2.39. The molecule has 118 valence electrons. The Morgan fingerprint density at radius 1 is 1.29 bits per heavy atom. The van der Waals surface area contributed by atoms with Crippen LogP contribution in [0.1, 0.15) is 60.2 Å². The van der Waals surface area contributed by atoms with Crippen LogP contribution >= 0.6 is 0 Å². The lowest BCUT2D eigenvalue weighted by Crippen LogP contribution is -2.43. The summed E-state index contributed by atoms with van der Waals surface area (Å²) in [6.45, 7) is 15.2. The molecule has 21 heavy (non-hydrogen) atoms. The van der Waals surface area contributed by atoms with E-state index in [0.29, 0.717) is 6.04 Å². The number of nitrogens with zero attached hydrogens (tertiary/aromatic N) is 3. The first kappa shape index (κ1) is 16.1. The van der Waals surface area contributed by atoms with Gasteiger partial charge in [-0.1, -0.05) is 27.7 Å². The minimum atomic E-state index is -0.0369. The first-order valence-corrected chi connectivity index (χ1v) is 8.23. The second-order valence-corrected chi connectivity index (χ2v) is 7.27. The van der Waals surface area contributed by atoms with E-state index in [-0.39, 0.29) is 5.41 Å². The van der Waals surface area contributed by atoms with Crippen LogP contribution in [-0.4, -0.2) is 29.1 Å². The third kappa shape index (κ3) is 3.66. The summed E-state index contributed by atoms with van der Waals surface area (Å²) in [7, 11) is 0. The van der Waals surface area contributed by atoms with Crippen LogP contribution in [0.15, 0.2) is 6.07 Å². The molecule has 1 aliphatic heterocycles.